The summed E-state index contributed by atoms with van der Waals surface area (Å²) in [5.74, 6) is 0.655. The van der Waals surface area contributed by atoms with Gasteiger partial charge in [-0.05, 0) is 50.3 Å². The third-order valence-corrected chi connectivity index (χ3v) is 4.53. The van der Waals surface area contributed by atoms with Crippen molar-refractivity contribution in [3.8, 4) is 23.1 Å². The Hall–Kier alpha value is -2.86. The second kappa shape index (κ2) is 8.01. The summed E-state index contributed by atoms with van der Waals surface area (Å²) in [6, 6.07) is 22.8. The fraction of sp³-hybridized carbons (Fsp3) is 0.304. The fourth-order valence-corrected chi connectivity index (χ4v) is 2.98. The van der Waals surface area contributed by atoms with Gasteiger partial charge in [-0.15, -0.1) is 0 Å². The largest absolute Gasteiger partial charge is 0.478 e. The average molecular weight is 344 g/mol. The van der Waals surface area contributed by atoms with E-state index in [2.05, 4.69) is 29.3 Å². The minimum atomic E-state index is -0.262. The topological polar surface area (TPSA) is 45.9 Å². The van der Waals surface area contributed by atoms with Gasteiger partial charge >= 0.3 is 0 Å². The normalized spacial score (nSPS) is 11.3. The molecule has 3 heteroatoms. The SMILES string of the molecule is CC(C)(C#N)CCCCOc1cc(-c2ccccc2)c2ccccc2n1. The highest BCUT2D eigenvalue weighted by atomic mass is 16.5. The molecular formula is C23H24N2O. The van der Waals surface area contributed by atoms with E-state index in [0.29, 0.717) is 12.5 Å². The Morgan fingerprint density at radius 1 is 1.00 bits per heavy atom. The van der Waals surface area contributed by atoms with Crippen molar-refractivity contribution in [2.24, 2.45) is 5.41 Å². The molecule has 0 amide bonds. The summed E-state index contributed by atoms with van der Waals surface area (Å²) in [6.45, 7) is 4.57. The average Bonchev–Trinajstić information content (AvgIpc) is 2.67. The smallest absolute Gasteiger partial charge is 0.214 e. The van der Waals surface area contributed by atoms with E-state index in [1.54, 1.807) is 0 Å². The number of pyridine rings is 1. The van der Waals surface area contributed by atoms with Crippen LogP contribution < -0.4 is 4.74 Å². The number of ether oxygens (including phenoxy) is 1. The highest BCUT2D eigenvalue weighted by Crippen LogP contribution is 2.31. The zero-order chi connectivity index (χ0) is 18.4. The lowest BCUT2D eigenvalue weighted by Crippen LogP contribution is -2.08. The Labute approximate surface area is 155 Å². The number of fused-ring (bicyclic) bond motifs is 1. The molecule has 0 aliphatic carbocycles. The van der Waals surface area contributed by atoms with Gasteiger partial charge in [0.1, 0.15) is 0 Å². The van der Waals surface area contributed by atoms with E-state index < -0.39 is 0 Å². The summed E-state index contributed by atoms with van der Waals surface area (Å²) in [5.41, 5.74) is 2.97. The number of hydrogen-bond acceptors (Lipinski definition) is 3. The predicted octanol–water partition coefficient (Wildman–Crippen LogP) is 6.00. The quantitative estimate of drug-likeness (QED) is 0.494. The van der Waals surface area contributed by atoms with Crippen LogP contribution in [0.25, 0.3) is 22.0 Å². The number of nitrogens with zero attached hydrogens (tertiary/aromatic N) is 2. The first-order chi connectivity index (χ1) is 12.6. The van der Waals surface area contributed by atoms with E-state index in [1.807, 2.05) is 56.3 Å². The van der Waals surface area contributed by atoms with Crippen molar-refractivity contribution in [3.63, 3.8) is 0 Å². The second-order valence-electron chi connectivity index (χ2n) is 7.19. The maximum atomic E-state index is 9.08. The predicted molar refractivity (Wildman–Crippen MR) is 106 cm³/mol. The van der Waals surface area contributed by atoms with Crippen molar-refractivity contribution in [2.45, 2.75) is 33.1 Å². The van der Waals surface area contributed by atoms with Crippen molar-refractivity contribution in [2.75, 3.05) is 6.61 Å². The highest BCUT2D eigenvalue weighted by molar-refractivity contribution is 5.95. The molecule has 3 aromatic rings. The summed E-state index contributed by atoms with van der Waals surface area (Å²) in [4.78, 5) is 4.65. The Balaban J connectivity index is 1.75. The van der Waals surface area contributed by atoms with Crippen LogP contribution in [0.15, 0.2) is 60.7 Å². The number of para-hydroxylation sites is 1. The van der Waals surface area contributed by atoms with Crippen molar-refractivity contribution >= 4 is 10.9 Å². The maximum absolute atomic E-state index is 9.08. The van der Waals surface area contributed by atoms with Crippen LogP contribution in [-0.2, 0) is 0 Å². The Bertz CT molecular complexity index is 910. The maximum Gasteiger partial charge on any atom is 0.214 e. The molecule has 0 saturated heterocycles. The zero-order valence-corrected chi connectivity index (χ0v) is 15.4. The van der Waals surface area contributed by atoms with Crippen LogP contribution in [0.4, 0.5) is 0 Å². The van der Waals surface area contributed by atoms with Gasteiger partial charge in [0.05, 0.1) is 23.6 Å². The standard InChI is InChI=1S/C23H24N2O/c1-23(2,17-24)14-8-9-15-26-22-16-20(18-10-4-3-5-11-18)19-12-6-7-13-21(19)25-22/h3-7,10-13,16H,8-9,14-15H2,1-2H3. The van der Waals surface area contributed by atoms with E-state index in [9.17, 15) is 0 Å². The first kappa shape index (κ1) is 17.9. The second-order valence-corrected chi connectivity index (χ2v) is 7.19. The van der Waals surface area contributed by atoms with Crippen LogP contribution in [0.1, 0.15) is 33.1 Å². The van der Waals surface area contributed by atoms with Gasteiger partial charge in [-0.3, -0.25) is 0 Å². The van der Waals surface area contributed by atoms with Crippen LogP contribution in [0, 0.1) is 16.7 Å². The lowest BCUT2D eigenvalue weighted by atomic mass is 9.89. The van der Waals surface area contributed by atoms with E-state index in [1.165, 1.54) is 0 Å². The molecule has 0 aliphatic heterocycles. The summed E-state index contributed by atoms with van der Waals surface area (Å²) >= 11 is 0. The number of rotatable bonds is 7. The van der Waals surface area contributed by atoms with Crippen molar-refractivity contribution in [1.82, 2.24) is 4.98 Å². The van der Waals surface area contributed by atoms with Crippen molar-refractivity contribution in [1.29, 1.82) is 5.26 Å². The van der Waals surface area contributed by atoms with Crippen LogP contribution in [0.3, 0.4) is 0 Å². The number of aromatic nitrogens is 1. The Morgan fingerprint density at radius 3 is 2.50 bits per heavy atom. The first-order valence-electron chi connectivity index (χ1n) is 9.08. The molecule has 1 heterocycles. The molecule has 0 saturated carbocycles. The highest BCUT2D eigenvalue weighted by Gasteiger charge is 2.15. The summed E-state index contributed by atoms with van der Waals surface area (Å²) in [5, 5.41) is 10.2. The molecule has 0 radical (unpaired) electrons. The number of benzene rings is 2. The first-order valence-corrected chi connectivity index (χ1v) is 9.08. The van der Waals surface area contributed by atoms with Gasteiger partial charge in [-0.2, -0.15) is 5.26 Å². The molecular weight excluding hydrogens is 320 g/mol. The molecule has 3 nitrogen and oxygen atoms in total. The Morgan fingerprint density at radius 2 is 1.73 bits per heavy atom. The van der Waals surface area contributed by atoms with Gasteiger partial charge in [-0.25, -0.2) is 4.98 Å². The number of nitriles is 1. The molecule has 0 aliphatic rings. The number of hydrogen-bond donors (Lipinski definition) is 0. The Kier molecular flexibility index (Phi) is 5.53. The third-order valence-electron chi connectivity index (χ3n) is 4.53. The van der Waals surface area contributed by atoms with Gasteiger partial charge in [-0.1, -0.05) is 48.5 Å². The van der Waals surface area contributed by atoms with Gasteiger partial charge in [0, 0.05) is 11.5 Å². The van der Waals surface area contributed by atoms with E-state index in [-0.39, 0.29) is 5.41 Å². The molecule has 0 atom stereocenters. The number of unbranched alkanes of at least 4 members (excludes halogenated alkanes) is 1. The minimum absolute atomic E-state index is 0.262. The lowest BCUT2D eigenvalue weighted by Gasteiger charge is -2.14. The molecule has 0 unspecified atom stereocenters. The van der Waals surface area contributed by atoms with E-state index >= 15 is 0 Å². The molecule has 0 bridgehead atoms. The van der Waals surface area contributed by atoms with Crippen LogP contribution in [0.5, 0.6) is 5.88 Å². The van der Waals surface area contributed by atoms with Gasteiger partial charge in [0.15, 0.2) is 0 Å². The van der Waals surface area contributed by atoms with Gasteiger partial charge in [0.2, 0.25) is 5.88 Å². The summed E-state index contributed by atoms with van der Waals surface area (Å²) in [7, 11) is 0. The molecule has 0 fully saturated rings. The lowest BCUT2D eigenvalue weighted by molar-refractivity contribution is 0.286. The molecule has 2 aromatic carbocycles. The van der Waals surface area contributed by atoms with E-state index in [0.717, 1.165) is 41.3 Å². The van der Waals surface area contributed by atoms with Crippen molar-refractivity contribution in [3.05, 3.63) is 60.7 Å². The van der Waals surface area contributed by atoms with E-state index in [4.69, 9.17) is 10.00 Å². The fourth-order valence-electron chi connectivity index (χ4n) is 2.98. The summed E-state index contributed by atoms with van der Waals surface area (Å²) in [6.07, 6.45) is 2.77. The zero-order valence-electron chi connectivity index (χ0n) is 15.4. The van der Waals surface area contributed by atoms with Gasteiger partial charge < -0.3 is 4.74 Å². The monoisotopic (exact) mass is 344 g/mol. The molecule has 0 N–H and O–H groups in total. The molecule has 1 aromatic heterocycles. The minimum Gasteiger partial charge on any atom is -0.478 e. The van der Waals surface area contributed by atoms with Crippen LogP contribution >= 0.6 is 0 Å². The van der Waals surface area contributed by atoms with Gasteiger partial charge in [0.25, 0.3) is 0 Å². The van der Waals surface area contributed by atoms with Crippen LogP contribution in [-0.4, -0.2) is 11.6 Å². The molecule has 3 rings (SSSR count). The summed E-state index contributed by atoms with van der Waals surface area (Å²) < 4.78 is 5.93. The third kappa shape index (κ3) is 4.40. The van der Waals surface area contributed by atoms with Crippen LogP contribution in [0.2, 0.25) is 0 Å². The molecule has 0 spiro atoms. The molecule has 26 heavy (non-hydrogen) atoms. The molecule has 132 valence electrons. The van der Waals surface area contributed by atoms with Crippen molar-refractivity contribution < 1.29 is 4.74 Å².